The predicted octanol–water partition coefficient (Wildman–Crippen LogP) is 0.875. The molecule has 0 amide bonds. The van der Waals surface area contributed by atoms with E-state index in [0.29, 0.717) is 12.5 Å². The lowest BCUT2D eigenvalue weighted by molar-refractivity contribution is -0.107. The molecule has 0 aliphatic carbocycles. The van der Waals surface area contributed by atoms with Gasteiger partial charge in [-0.1, -0.05) is 0 Å². The van der Waals surface area contributed by atoms with Crippen LogP contribution in [0.5, 0.6) is 5.88 Å². The van der Waals surface area contributed by atoms with Crippen molar-refractivity contribution in [3.8, 4) is 5.88 Å². The summed E-state index contributed by atoms with van der Waals surface area (Å²) < 4.78 is 13.5. The van der Waals surface area contributed by atoms with E-state index in [1.54, 1.807) is 23.1 Å². The lowest BCUT2D eigenvalue weighted by Crippen LogP contribution is -2.52. The van der Waals surface area contributed by atoms with E-state index in [1.807, 2.05) is 6.07 Å². The van der Waals surface area contributed by atoms with E-state index in [4.69, 9.17) is 9.47 Å². The summed E-state index contributed by atoms with van der Waals surface area (Å²) in [4.78, 5) is 4.24. The number of fused-ring (bicyclic) bond motifs is 1. The zero-order chi connectivity index (χ0) is 13.3. The third-order valence-corrected chi connectivity index (χ3v) is 3.10. The standard InChI is InChI=1S/C13H18N4O2/c1-13(2)9-14-7-10(19-13)8-18-12-11-3-4-16-17(11)6-5-15-12/h3-6,10,14H,7-9H2,1-2H3. The van der Waals surface area contributed by atoms with Crippen LogP contribution in [0.15, 0.2) is 24.7 Å². The number of aromatic nitrogens is 3. The molecule has 1 aliphatic rings. The van der Waals surface area contributed by atoms with Gasteiger partial charge in [-0.3, -0.25) is 0 Å². The van der Waals surface area contributed by atoms with Gasteiger partial charge in [0, 0.05) is 25.5 Å². The average Bonchev–Trinajstić information content (AvgIpc) is 2.84. The molecule has 102 valence electrons. The molecule has 3 rings (SSSR count). The fourth-order valence-electron chi connectivity index (χ4n) is 2.28. The van der Waals surface area contributed by atoms with Gasteiger partial charge < -0.3 is 14.8 Å². The Kier molecular flexibility index (Phi) is 3.12. The maximum Gasteiger partial charge on any atom is 0.240 e. The Labute approximate surface area is 111 Å². The molecule has 1 saturated heterocycles. The van der Waals surface area contributed by atoms with Gasteiger partial charge in [0.15, 0.2) is 0 Å². The fraction of sp³-hybridized carbons (Fsp3) is 0.538. The molecule has 1 unspecified atom stereocenters. The van der Waals surface area contributed by atoms with Crippen LogP contribution in [0.2, 0.25) is 0 Å². The van der Waals surface area contributed by atoms with Gasteiger partial charge >= 0.3 is 0 Å². The first-order chi connectivity index (χ1) is 9.14. The number of nitrogens with one attached hydrogen (secondary N) is 1. The van der Waals surface area contributed by atoms with Crippen molar-refractivity contribution in [2.45, 2.75) is 25.6 Å². The predicted molar refractivity (Wildman–Crippen MR) is 70.3 cm³/mol. The van der Waals surface area contributed by atoms with Crippen molar-refractivity contribution in [1.29, 1.82) is 0 Å². The van der Waals surface area contributed by atoms with Crippen molar-refractivity contribution in [2.75, 3.05) is 19.7 Å². The van der Waals surface area contributed by atoms with E-state index in [1.165, 1.54) is 0 Å². The summed E-state index contributed by atoms with van der Waals surface area (Å²) in [5.41, 5.74) is 0.716. The van der Waals surface area contributed by atoms with Crippen LogP contribution in [-0.2, 0) is 4.74 Å². The molecule has 2 aromatic rings. The maximum atomic E-state index is 5.95. The zero-order valence-electron chi connectivity index (χ0n) is 11.2. The van der Waals surface area contributed by atoms with E-state index in [0.717, 1.165) is 18.6 Å². The van der Waals surface area contributed by atoms with Crippen molar-refractivity contribution in [2.24, 2.45) is 0 Å². The summed E-state index contributed by atoms with van der Waals surface area (Å²) in [7, 11) is 0. The van der Waals surface area contributed by atoms with Crippen LogP contribution in [0, 0.1) is 0 Å². The maximum absolute atomic E-state index is 5.95. The van der Waals surface area contributed by atoms with Crippen LogP contribution in [-0.4, -0.2) is 46.0 Å². The molecule has 1 fully saturated rings. The van der Waals surface area contributed by atoms with Crippen LogP contribution in [0.1, 0.15) is 13.8 Å². The van der Waals surface area contributed by atoms with Crippen LogP contribution in [0.3, 0.4) is 0 Å². The lowest BCUT2D eigenvalue weighted by atomic mass is 10.1. The molecule has 1 aliphatic heterocycles. The van der Waals surface area contributed by atoms with Gasteiger partial charge in [0.05, 0.1) is 11.8 Å². The first-order valence-corrected chi connectivity index (χ1v) is 6.44. The minimum atomic E-state index is -0.150. The second-order valence-corrected chi connectivity index (χ2v) is 5.33. The first-order valence-electron chi connectivity index (χ1n) is 6.44. The van der Waals surface area contributed by atoms with Gasteiger partial charge in [0.25, 0.3) is 0 Å². The van der Waals surface area contributed by atoms with Crippen molar-refractivity contribution >= 4 is 5.52 Å². The number of ether oxygens (including phenoxy) is 2. The second kappa shape index (κ2) is 4.79. The van der Waals surface area contributed by atoms with Gasteiger partial charge in [0.2, 0.25) is 5.88 Å². The SMILES string of the molecule is CC1(C)CNCC(COc2nccn3nccc23)O1. The molecule has 1 atom stereocenters. The first kappa shape index (κ1) is 12.4. The Morgan fingerprint density at radius 1 is 1.53 bits per heavy atom. The fourth-order valence-corrected chi connectivity index (χ4v) is 2.28. The van der Waals surface area contributed by atoms with Crippen LogP contribution in [0.25, 0.3) is 5.52 Å². The molecule has 6 heteroatoms. The molecule has 0 saturated carbocycles. The third-order valence-electron chi connectivity index (χ3n) is 3.10. The molecule has 0 radical (unpaired) electrons. The number of nitrogens with zero attached hydrogens (tertiary/aromatic N) is 3. The number of morpholine rings is 1. The zero-order valence-corrected chi connectivity index (χ0v) is 11.2. The summed E-state index contributed by atoms with van der Waals surface area (Å²) in [6, 6.07) is 1.88. The van der Waals surface area contributed by atoms with E-state index in [9.17, 15) is 0 Å². The van der Waals surface area contributed by atoms with Gasteiger partial charge in [-0.05, 0) is 19.9 Å². The highest BCUT2D eigenvalue weighted by Gasteiger charge is 2.28. The molecular formula is C13H18N4O2. The molecule has 6 nitrogen and oxygen atoms in total. The summed E-state index contributed by atoms with van der Waals surface area (Å²) in [5.74, 6) is 0.590. The summed E-state index contributed by atoms with van der Waals surface area (Å²) >= 11 is 0. The Hall–Kier alpha value is -1.66. The number of rotatable bonds is 3. The van der Waals surface area contributed by atoms with E-state index in [-0.39, 0.29) is 11.7 Å². The molecule has 19 heavy (non-hydrogen) atoms. The minimum Gasteiger partial charge on any atom is -0.473 e. The topological polar surface area (TPSA) is 60.7 Å². The smallest absolute Gasteiger partial charge is 0.240 e. The Morgan fingerprint density at radius 2 is 2.42 bits per heavy atom. The molecule has 0 aromatic carbocycles. The second-order valence-electron chi connectivity index (χ2n) is 5.33. The minimum absolute atomic E-state index is 0.0359. The molecule has 0 spiro atoms. The summed E-state index contributed by atoms with van der Waals surface area (Å²) in [6.07, 6.45) is 5.24. The van der Waals surface area contributed by atoms with Crippen LogP contribution in [0.4, 0.5) is 0 Å². The molecule has 0 bridgehead atoms. The highest BCUT2D eigenvalue weighted by Crippen LogP contribution is 2.18. The van der Waals surface area contributed by atoms with Crippen LogP contribution >= 0.6 is 0 Å². The molecule has 2 aromatic heterocycles. The largest absolute Gasteiger partial charge is 0.473 e. The van der Waals surface area contributed by atoms with Crippen molar-refractivity contribution in [1.82, 2.24) is 19.9 Å². The van der Waals surface area contributed by atoms with Crippen LogP contribution < -0.4 is 10.1 Å². The van der Waals surface area contributed by atoms with Gasteiger partial charge in [-0.25, -0.2) is 9.50 Å². The molecule has 3 heterocycles. The van der Waals surface area contributed by atoms with E-state index in [2.05, 4.69) is 29.2 Å². The summed E-state index contributed by atoms with van der Waals surface area (Å²) in [6.45, 7) is 6.28. The monoisotopic (exact) mass is 262 g/mol. The van der Waals surface area contributed by atoms with E-state index < -0.39 is 0 Å². The molecule has 1 N–H and O–H groups in total. The lowest BCUT2D eigenvalue weighted by Gasteiger charge is -2.36. The van der Waals surface area contributed by atoms with Gasteiger partial charge in [-0.2, -0.15) is 5.10 Å². The third kappa shape index (κ3) is 2.69. The average molecular weight is 262 g/mol. The summed E-state index contributed by atoms with van der Waals surface area (Å²) in [5, 5.41) is 7.50. The normalized spacial score (nSPS) is 22.5. The highest BCUT2D eigenvalue weighted by molar-refractivity contribution is 5.54. The highest BCUT2D eigenvalue weighted by atomic mass is 16.6. The van der Waals surface area contributed by atoms with E-state index >= 15 is 0 Å². The quantitative estimate of drug-likeness (QED) is 0.889. The van der Waals surface area contributed by atoms with Crippen molar-refractivity contribution < 1.29 is 9.47 Å². The van der Waals surface area contributed by atoms with Gasteiger partial charge in [0.1, 0.15) is 18.2 Å². The Morgan fingerprint density at radius 3 is 3.26 bits per heavy atom. The van der Waals surface area contributed by atoms with Crippen molar-refractivity contribution in [3.05, 3.63) is 24.7 Å². The van der Waals surface area contributed by atoms with Gasteiger partial charge in [-0.15, -0.1) is 0 Å². The Balaban J connectivity index is 1.67. The number of hydrogen-bond acceptors (Lipinski definition) is 5. The number of hydrogen-bond donors (Lipinski definition) is 1. The van der Waals surface area contributed by atoms with Crippen molar-refractivity contribution in [3.63, 3.8) is 0 Å². The Bertz CT molecular complexity index is 567. The molecular weight excluding hydrogens is 244 g/mol.